The molecule has 1 aliphatic rings. The number of imidazole rings is 2. The fraction of sp³-hybridized carbons (Fsp3) is 0.151. The van der Waals surface area contributed by atoms with Gasteiger partial charge >= 0.3 is 5.97 Å². The van der Waals surface area contributed by atoms with E-state index < -0.39 is 30.8 Å². The largest absolute Gasteiger partial charge is 0.478 e. The van der Waals surface area contributed by atoms with Crippen molar-refractivity contribution in [2.45, 2.75) is 39.7 Å². The Morgan fingerprint density at radius 1 is 0.671 bits per heavy atom. The highest BCUT2D eigenvalue weighted by molar-refractivity contribution is 9.09. The molecular weight excluding hydrogens is 1000 g/mol. The van der Waals surface area contributed by atoms with Crippen LogP contribution in [0.2, 0.25) is 0 Å². The van der Waals surface area contributed by atoms with Gasteiger partial charge in [-0.15, -0.1) is 0 Å². The lowest BCUT2D eigenvalue weighted by atomic mass is 10.1. The van der Waals surface area contributed by atoms with E-state index in [1.807, 2.05) is 71.3 Å². The van der Waals surface area contributed by atoms with Crippen LogP contribution in [-0.2, 0) is 13.0 Å². The van der Waals surface area contributed by atoms with Crippen molar-refractivity contribution in [1.82, 2.24) is 19.5 Å². The summed E-state index contributed by atoms with van der Waals surface area (Å²) in [4.78, 5) is 84.0. The van der Waals surface area contributed by atoms with E-state index in [0.717, 1.165) is 58.3 Å². The van der Waals surface area contributed by atoms with Crippen molar-refractivity contribution in [3.05, 3.63) is 185 Å². The minimum atomic E-state index is -1.07. The number of nitrogens with one attached hydrogen (secondary N) is 3. The number of carbonyl (C=O) groups excluding carboxylic acids is 5. The number of H-pyrrole nitrogens is 1. The van der Waals surface area contributed by atoms with Crippen molar-refractivity contribution in [3.63, 3.8) is 0 Å². The summed E-state index contributed by atoms with van der Waals surface area (Å²) >= 11 is 3.25. The number of hydrogen-bond donors (Lipinski definition) is 8. The number of amides is 5. The number of aromatic amines is 1. The lowest BCUT2D eigenvalue weighted by Gasteiger charge is -2.09. The molecule has 0 saturated heterocycles. The number of benzene rings is 6. The number of nitrogens with zero attached hydrogens (tertiary/aromatic N) is 4. The first-order chi connectivity index (χ1) is 35.5. The normalized spacial score (nSPS) is 10.7. The maximum Gasteiger partial charge on any atom is 0.335 e. The van der Waals surface area contributed by atoms with Crippen molar-refractivity contribution in [2.75, 3.05) is 23.1 Å². The summed E-state index contributed by atoms with van der Waals surface area (Å²) < 4.78 is 17.5. The van der Waals surface area contributed by atoms with Gasteiger partial charge in [0.2, 0.25) is 29.6 Å². The Bertz CT molecular complexity index is 3190. The number of rotatable bonds is 11. The average molecular weight is 1060 g/mol. The average Bonchev–Trinajstić information content (AvgIpc) is 4.11. The predicted octanol–water partition coefficient (Wildman–Crippen LogP) is 8.80. The number of alkyl halides is 2. The number of anilines is 2. The fourth-order valence-electron chi connectivity index (χ4n) is 6.58. The molecular formula is C53H55BrFN11O7. The van der Waals surface area contributed by atoms with Gasteiger partial charge in [-0.25, -0.2) is 19.8 Å². The van der Waals surface area contributed by atoms with Gasteiger partial charge in [-0.3, -0.25) is 39.0 Å². The summed E-state index contributed by atoms with van der Waals surface area (Å²) in [6, 6.07) is 41.3. The molecule has 18 nitrogen and oxygen atoms in total. The second-order valence-corrected chi connectivity index (χ2v) is 16.1. The molecule has 2 aromatic heterocycles. The zero-order valence-electron chi connectivity index (χ0n) is 40.8. The van der Waals surface area contributed by atoms with Crippen molar-refractivity contribution in [2.24, 2.45) is 27.9 Å². The number of aliphatic imine (C=N–C) groups is 1. The summed E-state index contributed by atoms with van der Waals surface area (Å²) in [6.07, 6.45) is 2.97. The lowest BCUT2D eigenvalue weighted by Crippen LogP contribution is -2.17. The second kappa shape index (κ2) is 28.6. The first-order valence-electron chi connectivity index (χ1n) is 23.0. The highest BCUT2D eigenvalue weighted by Gasteiger charge is 2.16. The summed E-state index contributed by atoms with van der Waals surface area (Å²) in [6.45, 7) is 4.95. The highest BCUT2D eigenvalue weighted by atomic mass is 79.9. The highest BCUT2D eigenvalue weighted by Crippen LogP contribution is 2.24. The predicted molar refractivity (Wildman–Crippen MR) is 286 cm³/mol. The number of nitrogens with two attached hydrogens (primary N) is 4. The van der Waals surface area contributed by atoms with Gasteiger partial charge in [0.1, 0.15) is 5.84 Å². The van der Waals surface area contributed by atoms with Gasteiger partial charge in [-0.2, -0.15) is 0 Å². The standard InChI is InChI=1S/C18H18N4O2.C15H12N4O2.C8H8N2.C8H7NO3.C3H7Br.CH3F/c1-2-10-22-15-9-4-3-8-14(15)20-18(22)21-17(24)13-7-5-6-12(11-13)16(19)23;16-13(20)9-4-3-5-10(8-9)14(21)19-15-17-11-6-1-2-7-12(11)18-15;9-8-5-6-3-1-2-4-7(6)10-8;9-7(10)5-2-1-3-6(4-5)8(11)12;1-2-3-4;1-2/h3-9,11H,2,10H2,1H3,(H2,19,23)(H,20,21,24);1-8H,(H2,16,20)(H2,17,18,19,21);1-4H,5H2,(H2,9,10);1-4H,(H2,9,10)(H,11,12);2-3H2,1H3;1H3/i;;;;;1D. The number of aromatic nitrogens is 4. The molecule has 0 saturated carbocycles. The van der Waals surface area contributed by atoms with Gasteiger partial charge in [0.05, 0.1) is 41.8 Å². The van der Waals surface area contributed by atoms with Crippen LogP contribution in [0.1, 0.15) is 95.8 Å². The fourth-order valence-corrected chi connectivity index (χ4v) is 6.58. The number of halogens is 2. The lowest BCUT2D eigenvalue weighted by molar-refractivity contribution is 0.0695. The maximum atomic E-state index is 12.5. The van der Waals surface area contributed by atoms with E-state index in [2.05, 4.69) is 66.4 Å². The molecule has 0 bridgehead atoms. The van der Waals surface area contributed by atoms with E-state index in [-0.39, 0.29) is 28.5 Å². The third-order valence-corrected chi connectivity index (χ3v) is 10.8. The topological polar surface area (TPSA) is 310 Å². The SMILES string of the molecule is CCCBr.CCCn1c(NC(=O)c2cccc(C(N)=O)c2)nc2ccccc21.NC(=O)c1cccc(C(=O)Nc2nc3ccccc3[nH]2)c1.NC(=O)c1cccc(C(=O)O)c1.NC1=Nc2ccccc2C1.[2H]CF. The quantitative estimate of drug-likeness (QED) is 0.0569. The molecule has 0 unspecified atom stereocenters. The summed E-state index contributed by atoms with van der Waals surface area (Å²) in [5, 5.41) is 15.2. The monoisotopic (exact) mass is 1060 g/mol. The van der Waals surface area contributed by atoms with E-state index in [9.17, 15) is 33.2 Å². The summed E-state index contributed by atoms with van der Waals surface area (Å²) in [5.41, 5.74) is 28.2. The molecule has 12 N–H and O–H groups in total. The molecule has 9 rings (SSSR count). The number of primary amides is 3. The Morgan fingerprint density at radius 2 is 1.15 bits per heavy atom. The molecule has 5 amide bonds. The molecule has 378 valence electrons. The number of carboxylic acids is 1. The molecule has 1 aliphatic heterocycles. The molecule has 0 spiro atoms. The van der Waals surface area contributed by atoms with E-state index in [1.54, 1.807) is 36.4 Å². The number of carbonyl (C=O) groups is 6. The van der Waals surface area contributed by atoms with Crippen LogP contribution in [0.15, 0.2) is 151 Å². The number of para-hydroxylation sites is 5. The van der Waals surface area contributed by atoms with E-state index in [0.29, 0.717) is 28.6 Å². The number of carboxylic acid groups (broad SMARTS) is 1. The molecule has 20 heteroatoms. The smallest absolute Gasteiger partial charge is 0.335 e. The summed E-state index contributed by atoms with van der Waals surface area (Å²) in [5.74, 6) is -1.96. The number of amidine groups is 1. The number of hydrogen-bond acceptors (Lipinski definition) is 10. The van der Waals surface area contributed by atoms with Gasteiger partial charge in [0.25, 0.3) is 11.8 Å². The number of aromatic carboxylic acids is 1. The number of fused-ring (bicyclic) bond motifs is 3. The minimum Gasteiger partial charge on any atom is -0.478 e. The Morgan fingerprint density at radius 3 is 1.67 bits per heavy atom. The Kier molecular flexibility index (Phi) is 21.5. The van der Waals surface area contributed by atoms with Gasteiger partial charge in [0.15, 0.2) is 0 Å². The van der Waals surface area contributed by atoms with Crippen molar-refractivity contribution in [3.8, 4) is 0 Å². The third-order valence-electron chi connectivity index (χ3n) is 9.98. The van der Waals surface area contributed by atoms with Crippen LogP contribution >= 0.6 is 15.9 Å². The van der Waals surface area contributed by atoms with Gasteiger partial charge < -0.3 is 37.6 Å². The van der Waals surface area contributed by atoms with Crippen LogP contribution in [0.5, 0.6) is 0 Å². The Balaban J connectivity index is 0.000000214. The summed E-state index contributed by atoms with van der Waals surface area (Å²) in [7, 11) is -1.00. The van der Waals surface area contributed by atoms with E-state index in [4.69, 9.17) is 29.4 Å². The Hall–Kier alpha value is -9.04. The second-order valence-electron chi connectivity index (χ2n) is 15.3. The van der Waals surface area contributed by atoms with Crippen molar-refractivity contribution in [1.29, 1.82) is 0 Å². The molecule has 0 atom stereocenters. The molecule has 0 fully saturated rings. The maximum absolute atomic E-state index is 12.5. The Labute approximate surface area is 429 Å². The van der Waals surface area contributed by atoms with E-state index in [1.165, 1.54) is 48.4 Å². The van der Waals surface area contributed by atoms with Crippen LogP contribution < -0.4 is 33.6 Å². The van der Waals surface area contributed by atoms with Crippen molar-refractivity contribution < 1.29 is 39.6 Å². The van der Waals surface area contributed by atoms with E-state index >= 15 is 0 Å². The van der Waals surface area contributed by atoms with Crippen LogP contribution in [-0.4, -0.2) is 78.5 Å². The van der Waals surface area contributed by atoms with Crippen LogP contribution in [0, 0.1) is 0 Å². The first kappa shape index (κ1) is 54.9. The molecule has 8 aromatic rings. The molecule has 6 aromatic carbocycles. The molecule has 3 heterocycles. The minimum absolute atomic E-state index is 0.0614. The van der Waals surface area contributed by atoms with Crippen LogP contribution in [0.4, 0.5) is 22.0 Å². The molecule has 0 aliphatic carbocycles. The number of aryl methyl sites for hydroxylation is 1. The van der Waals surface area contributed by atoms with Crippen LogP contribution in [0.3, 0.4) is 0 Å². The molecule has 0 radical (unpaired) electrons. The molecule has 73 heavy (non-hydrogen) atoms. The van der Waals surface area contributed by atoms with Gasteiger partial charge in [-0.1, -0.05) is 90.4 Å². The van der Waals surface area contributed by atoms with Gasteiger partial charge in [-0.05, 0) is 103 Å². The van der Waals surface area contributed by atoms with Gasteiger partial charge in [0, 0.05) is 46.1 Å². The first-order valence-corrected chi connectivity index (χ1v) is 23.4. The zero-order valence-corrected chi connectivity index (χ0v) is 41.4. The van der Waals surface area contributed by atoms with Crippen molar-refractivity contribution >= 4 is 96.9 Å². The zero-order chi connectivity index (χ0) is 54.2. The van der Waals surface area contributed by atoms with Crippen LogP contribution in [0.25, 0.3) is 22.1 Å². The third kappa shape index (κ3) is 16.8.